The molecule has 1 aliphatic rings. The summed E-state index contributed by atoms with van der Waals surface area (Å²) in [6.45, 7) is 10.6. The second kappa shape index (κ2) is 16.5. The molecule has 0 unspecified atom stereocenters. The summed E-state index contributed by atoms with van der Waals surface area (Å²) in [6.07, 6.45) is 4.72. The fourth-order valence-corrected chi connectivity index (χ4v) is 4.94. The van der Waals surface area contributed by atoms with E-state index in [1.54, 1.807) is 63.3 Å². The van der Waals surface area contributed by atoms with Gasteiger partial charge in [-0.15, -0.1) is 0 Å². The molecule has 0 spiro atoms. The van der Waals surface area contributed by atoms with E-state index in [1.807, 2.05) is 32.9 Å². The molecule has 0 fully saturated rings. The molecule has 0 saturated carbocycles. The highest BCUT2D eigenvalue weighted by Gasteiger charge is 2.37. The summed E-state index contributed by atoms with van der Waals surface area (Å²) in [5, 5.41) is 6.04. The number of esters is 2. The molecule has 4 atom stereocenters. The molecule has 46 heavy (non-hydrogen) atoms. The standard InChI is InChI=1S/C36H44ClFN2O6/c1-22(2)18-31-34(43)45-30(24(4)15-17-26-10-7-8-11-28(26)38)12-9-13-32(41)40-29(20-25-16-14-23(3)27(37)19-25)33(42)39-21-36(5,6)35(44)46-31/h7-11,13-17,19,22,24,29-31H,12,18,20-21H2,1-6H3,(H,39,42)(H,40,41)/b13-9+,17-15+/t24-,29-,30+,31+/m1/s1. The number of aryl methyl sites for hydroxylation is 1. The maximum atomic E-state index is 14.3. The molecule has 248 valence electrons. The van der Waals surface area contributed by atoms with Crippen molar-refractivity contribution >= 4 is 41.4 Å². The first-order valence-electron chi connectivity index (χ1n) is 15.5. The Morgan fingerprint density at radius 2 is 1.78 bits per heavy atom. The number of halogens is 2. The number of amides is 2. The molecule has 1 heterocycles. The van der Waals surface area contributed by atoms with Crippen LogP contribution in [0.2, 0.25) is 5.02 Å². The molecule has 0 aromatic heterocycles. The first-order chi connectivity index (χ1) is 21.7. The van der Waals surface area contributed by atoms with Gasteiger partial charge in [-0.25, -0.2) is 9.18 Å². The van der Waals surface area contributed by atoms with Crippen molar-refractivity contribution in [2.24, 2.45) is 17.3 Å². The maximum absolute atomic E-state index is 14.3. The lowest BCUT2D eigenvalue weighted by molar-refractivity contribution is -0.178. The molecule has 0 radical (unpaired) electrons. The van der Waals surface area contributed by atoms with Crippen LogP contribution in [0.15, 0.2) is 60.7 Å². The molecule has 0 aliphatic carbocycles. The average Bonchev–Trinajstić information content (AvgIpc) is 2.99. The summed E-state index contributed by atoms with van der Waals surface area (Å²) in [6, 6.07) is 10.7. The van der Waals surface area contributed by atoms with E-state index < -0.39 is 59.2 Å². The number of carbonyl (C=O) groups excluding carboxylic acids is 4. The Kier molecular flexibility index (Phi) is 13.1. The van der Waals surface area contributed by atoms with Gasteiger partial charge in [-0.3, -0.25) is 14.4 Å². The van der Waals surface area contributed by atoms with Crippen molar-refractivity contribution in [3.63, 3.8) is 0 Å². The second-order valence-electron chi connectivity index (χ2n) is 12.8. The van der Waals surface area contributed by atoms with Crippen LogP contribution >= 0.6 is 11.6 Å². The number of hydrogen-bond donors (Lipinski definition) is 2. The molecule has 2 N–H and O–H groups in total. The molecule has 1 aliphatic heterocycles. The van der Waals surface area contributed by atoms with Crippen molar-refractivity contribution in [1.82, 2.24) is 10.6 Å². The Balaban J connectivity index is 1.95. The van der Waals surface area contributed by atoms with E-state index in [0.717, 1.165) is 11.1 Å². The Labute approximate surface area is 275 Å². The summed E-state index contributed by atoms with van der Waals surface area (Å²) in [5.41, 5.74) is 0.784. The lowest BCUT2D eigenvalue weighted by Crippen LogP contribution is -2.51. The van der Waals surface area contributed by atoms with E-state index in [9.17, 15) is 23.6 Å². The van der Waals surface area contributed by atoms with Gasteiger partial charge in [0.2, 0.25) is 11.8 Å². The van der Waals surface area contributed by atoms with Crippen molar-refractivity contribution in [3.05, 3.63) is 88.2 Å². The molecule has 0 bridgehead atoms. The van der Waals surface area contributed by atoms with E-state index in [2.05, 4.69) is 10.6 Å². The van der Waals surface area contributed by atoms with Gasteiger partial charge in [-0.2, -0.15) is 0 Å². The van der Waals surface area contributed by atoms with Gasteiger partial charge in [0.1, 0.15) is 18.0 Å². The summed E-state index contributed by atoms with van der Waals surface area (Å²) >= 11 is 6.31. The van der Waals surface area contributed by atoms with Gasteiger partial charge in [0, 0.05) is 35.9 Å². The summed E-state index contributed by atoms with van der Waals surface area (Å²) in [4.78, 5) is 53.2. The van der Waals surface area contributed by atoms with Crippen molar-refractivity contribution < 1.29 is 33.0 Å². The zero-order valence-corrected chi connectivity index (χ0v) is 28.0. The number of nitrogens with one attached hydrogen (secondary N) is 2. The predicted molar refractivity (Wildman–Crippen MR) is 176 cm³/mol. The zero-order valence-electron chi connectivity index (χ0n) is 27.3. The van der Waals surface area contributed by atoms with Crippen LogP contribution in [0, 0.1) is 30.0 Å². The Hall–Kier alpha value is -3.98. The van der Waals surface area contributed by atoms with E-state index in [1.165, 1.54) is 12.1 Å². The van der Waals surface area contributed by atoms with Crippen LogP contribution in [0.4, 0.5) is 4.39 Å². The van der Waals surface area contributed by atoms with Gasteiger partial charge in [-0.05, 0) is 62.4 Å². The molecular weight excluding hydrogens is 611 g/mol. The van der Waals surface area contributed by atoms with Crippen LogP contribution in [0.3, 0.4) is 0 Å². The van der Waals surface area contributed by atoms with Gasteiger partial charge >= 0.3 is 11.9 Å². The van der Waals surface area contributed by atoms with Crippen LogP contribution < -0.4 is 10.6 Å². The summed E-state index contributed by atoms with van der Waals surface area (Å²) < 4.78 is 25.9. The van der Waals surface area contributed by atoms with Gasteiger partial charge in [-0.1, -0.05) is 80.9 Å². The third kappa shape index (κ3) is 10.8. The minimum Gasteiger partial charge on any atom is -0.459 e. The number of ether oxygens (including phenoxy) is 2. The largest absolute Gasteiger partial charge is 0.459 e. The first kappa shape index (κ1) is 36.5. The quantitative estimate of drug-likeness (QED) is 0.347. The fraction of sp³-hybridized carbons (Fsp3) is 0.444. The molecule has 10 heteroatoms. The van der Waals surface area contributed by atoms with E-state index >= 15 is 0 Å². The molecule has 3 rings (SSSR count). The maximum Gasteiger partial charge on any atom is 0.347 e. The van der Waals surface area contributed by atoms with Crippen LogP contribution in [-0.4, -0.2) is 48.5 Å². The highest BCUT2D eigenvalue weighted by atomic mass is 35.5. The predicted octanol–water partition coefficient (Wildman–Crippen LogP) is 6.14. The smallest absolute Gasteiger partial charge is 0.347 e. The Morgan fingerprint density at radius 1 is 1.07 bits per heavy atom. The lowest BCUT2D eigenvalue weighted by Gasteiger charge is -2.29. The molecule has 2 aromatic carbocycles. The fourth-order valence-electron chi connectivity index (χ4n) is 4.73. The normalized spacial score (nSPS) is 22.9. The number of carbonyl (C=O) groups is 4. The Bertz CT molecular complexity index is 1470. The lowest BCUT2D eigenvalue weighted by atomic mass is 9.93. The first-order valence-corrected chi connectivity index (χ1v) is 15.9. The van der Waals surface area contributed by atoms with Crippen LogP contribution in [0.25, 0.3) is 6.08 Å². The molecule has 0 saturated heterocycles. The number of benzene rings is 2. The van der Waals surface area contributed by atoms with Crippen molar-refractivity contribution in [1.29, 1.82) is 0 Å². The number of hydrogen-bond acceptors (Lipinski definition) is 6. The van der Waals surface area contributed by atoms with Crippen LogP contribution in [0.5, 0.6) is 0 Å². The van der Waals surface area contributed by atoms with Crippen molar-refractivity contribution in [2.75, 3.05) is 6.54 Å². The van der Waals surface area contributed by atoms with E-state index in [4.69, 9.17) is 21.1 Å². The molecular formula is C36H44ClFN2O6. The number of cyclic esters (lactones) is 2. The van der Waals surface area contributed by atoms with E-state index in [0.29, 0.717) is 10.6 Å². The van der Waals surface area contributed by atoms with Gasteiger partial charge in [0.15, 0.2) is 6.10 Å². The molecule has 2 amide bonds. The topological polar surface area (TPSA) is 111 Å². The Morgan fingerprint density at radius 3 is 2.46 bits per heavy atom. The second-order valence-corrected chi connectivity index (χ2v) is 13.2. The molecule has 8 nitrogen and oxygen atoms in total. The third-order valence-corrected chi connectivity index (χ3v) is 8.15. The minimum atomic E-state index is -1.21. The van der Waals surface area contributed by atoms with E-state index in [-0.39, 0.29) is 31.7 Å². The third-order valence-electron chi connectivity index (χ3n) is 7.74. The highest BCUT2D eigenvalue weighted by molar-refractivity contribution is 6.31. The van der Waals surface area contributed by atoms with Crippen molar-refractivity contribution in [2.45, 2.75) is 79.1 Å². The summed E-state index contributed by atoms with van der Waals surface area (Å²) in [7, 11) is 0. The number of rotatable bonds is 7. The highest BCUT2D eigenvalue weighted by Crippen LogP contribution is 2.24. The van der Waals surface area contributed by atoms with Gasteiger partial charge in [0.05, 0.1) is 5.41 Å². The van der Waals surface area contributed by atoms with Crippen LogP contribution in [0.1, 0.15) is 64.2 Å². The van der Waals surface area contributed by atoms with Crippen molar-refractivity contribution in [3.8, 4) is 0 Å². The SMILES string of the molecule is Cc1ccc(C[C@H]2NC(=O)/C=C/C[C@@H]([C@H](C)/C=C/c3ccccc3F)OC(=O)[C@H](CC(C)C)OC(=O)C(C)(C)CNC2=O)cc1Cl. The minimum absolute atomic E-state index is 0.00443. The van der Waals surface area contributed by atoms with Gasteiger partial charge in [0.25, 0.3) is 0 Å². The zero-order chi connectivity index (χ0) is 34.0. The van der Waals surface area contributed by atoms with Crippen LogP contribution in [-0.2, 0) is 35.1 Å². The summed E-state index contributed by atoms with van der Waals surface area (Å²) in [5.74, 6) is -3.23. The monoisotopic (exact) mass is 654 g/mol. The average molecular weight is 655 g/mol. The van der Waals surface area contributed by atoms with Gasteiger partial charge < -0.3 is 20.1 Å². The molecule has 2 aromatic rings.